The Hall–Kier alpha value is 0.310. The molecule has 2 unspecified atom stereocenters. The normalized spacial score (nSPS) is 17.3. The molecule has 0 aliphatic heterocycles. The van der Waals surface area contributed by atoms with E-state index >= 15 is 0 Å². The average Bonchev–Trinajstić information content (AvgIpc) is 1.87. The minimum Gasteiger partial charge on any atom is -0.616 e. The summed E-state index contributed by atoms with van der Waals surface area (Å²) in [7, 11) is 0. The van der Waals surface area contributed by atoms with E-state index in [2.05, 4.69) is 13.8 Å². The Morgan fingerprint density at radius 3 is 2.56 bits per heavy atom. The maximum atomic E-state index is 11.0. The molecule has 1 radical (unpaired) electrons. The Kier molecular flexibility index (Phi) is 5.30. The van der Waals surface area contributed by atoms with Crippen LogP contribution in [0, 0.1) is 6.92 Å². The summed E-state index contributed by atoms with van der Waals surface area (Å²) in [5.74, 6) is 0.759. The van der Waals surface area contributed by atoms with Crippen molar-refractivity contribution >= 4 is 11.2 Å². The van der Waals surface area contributed by atoms with Gasteiger partial charge in [0.05, 0.1) is 0 Å². The largest absolute Gasteiger partial charge is 0.616 e. The monoisotopic (exact) mass is 147 g/mol. The summed E-state index contributed by atoms with van der Waals surface area (Å²) in [6.07, 6.45) is 1.80. The Morgan fingerprint density at radius 1 is 1.67 bits per heavy atom. The van der Waals surface area contributed by atoms with Crippen molar-refractivity contribution in [2.24, 2.45) is 0 Å². The van der Waals surface area contributed by atoms with Gasteiger partial charge in [0.2, 0.25) is 0 Å². The second-order valence-electron chi connectivity index (χ2n) is 2.16. The predicted octanol–water partition coefficient (Wildman–Crippen LogP) is 1.76. The van der Waals surface area contributed by atoms with E-state index in [4.69, 9.17) is 0 Å². The van der Waals surface area contributed by atoms with Crippen LogP contribution in [0.4, 0.5) is 0 Å². The van der Waals surface area contributed by atoms with Crippen molar-refractivity contribution in [3.63, 3.8) is 0 Å². The lowest BCUT2D eigenvalue weighted by Gasteiger charge is -2.15. The van der Waals surface area contributed by atoms with Crippen molar-refractivity contribution in [1.82, 2.24) is 0 Å². The fourth-order valence-electron chi connectivity index (χ4n) is 0.529. The molecule has 0 rings (SSSR count). The molecule has 55 valence electrons. The quantitative estimate of drug-likeness (QED) is 0.556. The molecule has 0 saturated carbocycles. The van der Waals surface area contributed by atoms with Crippen molar-refractivity contribution in [3.8, 4) is 0 Å². The Balaban J connectivity index is 3.32. The van der Waals surface area contributed by atoms with Crippen LogP contribution in [0.5, 0.6) is 0 Å². The van der Waals surface area contributed by atoms with Gasteiger partial charge < -0.3 is 4.55 Å². The highest BCUT2D eigenvalue weighted by molar-refractivity contribution is 7.91. The highest BCUT2D eigenvalue weighted by Crippen LogP contribution is 2.06. The molecule has 0 heterocycles. The first-order chi connectivity index (χ1) is 4.22. The lowest BCUT2D eigenvalue weighted by Crippen LogP contribution is -2.19. The molecule has 2 atom stereocenters. The van der Waals surface area contributed by atoms with Crippen molar-refractivity contribution < 1.29 is 4.55 Å². The van der Waals surface area contributed by atoms with Gasteiger partial charge in [-0.2, -0.15) is 0 Å². The molecule has 0 bridgehead atoms. The van der Waals surface area contributed by atoms with E-state index in [1.54, 1.807) is 0 Å². The third-order valence-electron chi connectivity index (χ3n) is 1.37. The Morgan fingerprint density at radius 2 is 2.22 bits per heavy atom. The van der Waals surface area contributed by atoms with Crippen LogP contribution in [0.1, 0.15) is 26.7 Å². The summed E-state index contributed by atoms with van der Waals surface area (Å²) in [6.45, 7) is 7.73. The molecule has 1 nitrogen and oxygen atoms in total. The van der Waals surface area contributed by atoms with Crippen LogP contribution in [0.15, 0.2) is 0 Å². The van der Waals surface area contributed by atoms with Gasteiger partial charge in [0.1, 0.15) is 11.0 Å². The van der Waals surface area contributed by atoms with E-state index in [0.29, 0.717) is 5.25 Å². The van der Waals surface area contributed by atoms with Crippen LogP contribution in [0.2, 0.25) is 0 Å². The van der Waals surface area contributed by atoms with Crippen molar-refractivity contribution in [2.75, 3.05) is 5.75 Å². The van der Waals surface area contributed by atoms with Crippen LogP contribution in [-0.2, 0) is 11.2 Å². The third-order valence-corrected chi connectivity index (χ3v) is 3.29. The van der Waals surface area contributed by atoms with Crippen LogP contribution in [-0.4, -0.2) is 15.6 Å². The molecule has 0 amide bonds. The van der Waals surface area contributed by atoms with Gasteiger partial charge in [-0.15, -0.1) is 0 Å². The third kappa shape index (κ3) is 3.82. The standard InChI is InChI=1S/C7H15OS/c1-4-6-9(8)7(3)5-2/h7H,1,4-6H2,2-3H3. The fourth-order valence-corrected chi connectivity index (χ4v) is 1.59. The Bertz CT molecular complexity index is 65.9. The van der Waals surface area contributed by atoms with E-state index < -0.39 is 11.2 Å². The first-order valence-electron chi connectivity index (χ1n) is 3.38. The van der Waals surface area contributed by atoms with Crippen LogP contribution >= 0.6 is 0 Å². The molecule has 2 heteroatoms. The van der Waals surface area contributed by atoms with Crippen molar-refractivity contribution in [1.29, 1.82) is 0 Å². The van der Waals surface area contributed by atoms with E-state index in [0.717, 1.165) is 18.6 Å². The molecule has 0 aromatic rings. The van der Waals surface area contributed by atoms with Crippen LogP contribution < -0.4 is 0 Å². The molecule has 0 fully saturated rings. The molecule has 0 aliphatic carbocycles. The van der Waals surface area contributed by atoms with E-state index in [-0.39, 0.29) is 0 Å². The average molecular weight is 147 g/mol. The van der Waals surface area contributed by atoms with E-state index in [1.165, 1.54) is 0 Å². The van der Waals surface area contributed by atoms with Crippen molar-refractivity contribution in [3.05, 3.63) is 6.92 Å². The zero-order chi connectivity index (χ0) is 7.28. The Labute approximate surface area is 61.0 Å². The highest BCUT2D eigenvalue weighted by Gasteiger charge is 2.11. The van der Waals surface area contributed by atoms with Crippen molar-refractivity contribution in [2.45, 2.75) is 31.9 Å². The summed E-state index contributed by atoms with van der Waals surface area (Å²) in [6, 6.07) is 0. The summed E-state index contributed by atoms with van der Waals surface area (Å²) < 4.78 is 11.0. The molecule has 0 N–H and O–H groups in total. The molecule has 0 spiro atoms. The van der Waals surface area contributed by atoms with Gasteiger partial charge >= 0.3 is 0 Å². The second kappa shape index (κ2) is 5.12. The van der Waals surface area contributed by atoms with Gasteiger partial charge in [0, 0.05) is 0 Å². The smallest absolute Gasteiger partial charge is 0.112 e. The lowest BCUT2D eigenvalue weighted by molar-refractivity contribution is 0.579. The summed E-state index contributed by atoms with van der Waals surface area (Å²) >= 11 is -0.627. The first kappa shape index (κ1) is 9.31. The van der Waals surface area contributed by atoms with Gasteiger partial charge in [-0.25, -0.2) is 0 Å². The molecular weight excluding hydrogens is 132 g/mol. The molecular formula is C7H15OS. The van der Waals surface area contributed by atoms with Gasteiger partial charge in [0.25, 0.3) is 0 Å². The SMILES string of the molecule is [CH2]CC[S+]([O-])C(C)CC. The number of hydrogen-bond donors (Lipinski definition) is 0. The minimum atomic E-state index is -0.627. The first-order valence-corrected chi connectivity index (χ1v) is 4.77. The summed E-state index contributed by atoms with van der Waals surface area (Å²) in [4.78, 5) is 0. The fraction of sp³-hybridized carbons (Fsp3) is 0.857. The van der Waals surface area contributed by atoms with Gasteiger partial charge in [0.15, 0.2) is 0 Å². The molecule has 0 aliphatic rings. The van der Waals surface area contributed by atoms with Crippen LogP contribution in [0.25, 0.3) is 0 Å². The molecule has 0 saturated heterocycles. The minimum absolute atomic E-state index is 0.353. The predicted molar refractivity (Wildman–Crippen MR) is 42.7 cm³/mol. The van der Waals surface area contributed by atoms with Crippen LogP contribution in [0.3, 0.4) is 0 Å². The summed E-state index contributed by atoms with van der Waals surface area (Å²) in [5, 5.41) is 0.353. The topological polar surface area (TPSA) is 23.1 Å². The zero-order valence-corrected chi connectivity index (χ0v) is 7.04. The zero-order valence-electron chi connectivity index (χ0n) is 6.22. The number of rotatable bonds is 4. The second-order valence-corrected chi connectivity index (χ2v) is 4.13. The summed E-state index contributed by atoms with van der Waals surface area (Å²) in [5.41, 5.74) is 0. The molecule has 0 aromatic heterocycles. The maximum Gasteiger partial charge on any atom is 0.112 e. The lowest BCUT2D eigenvalue weighted by atomic mass is 10.4. The van der Waals surface area contributed by atoms with Gasteiger partial charge in [-0.05, 0) is 26.7 Å². The van der Waals surface area contributed by atoms with E-state index in [9.17, 15) is 4.55 Å². The van der Waals surface area contributed by atoms with Gasteiger partial charge in [-0.1, -0.05) is 18.1 Å². The maximum absolute atomic E-state index is 11.0. The molecule has 9 heavy (non-hydrogen) atoms. The number of hydrogen-bond acceptors (Lipinski definition) is 1. The van der Waals surface area contributed by atoms with Gasteiger partial charge in [-0.3, -0.25) is 0 Å². The highest BCUT2D eigenvalue weighted by atomic mass is 32.2. The van der Waals surface area contributed by atoms with E-state index in [1.807, 2.05) is 6.92 Å². The molecule has 0 aromatic carbocycles.